The Bertz CT molecular complexity index is 255. The second-order valence-corrected chi connectivity index (χ2v) is 5.62. The minimum atomic E-state index is -0.523. The predicted octanol–water partition coefficient (Wildman–Crippen LogP) is 2.53. The topological polar surface area (TPSA) is 37.3 Å². The molecular weight excluding hydrogens is 176 g/mol. The van der Waals surface area contributed by atoms with E-state index in [0.717, 1.165) is 24.2 Å². The first-order valence-electron chi connectivity index (χ1n) is 5.97. The van der Waals surface area contributed by atoms with Crippen LogP contribution in [0.4, 0.5) is 0 Å². The number of hydrogen-bond donors (Lipinski definition) is 1. The number of carbonyl (C=O) groups is 1. The highest BCUT2D eigenvalue weighted by molar-refractivity contribution is 5.70. The molecule has 3 aliphatic carbocycles. The van der Waals surface area contributed by atoms with Gasteiger partial charge in [0.1, 0.15) is 0 Å². The molecule has 78 valence electrons. The number of rotatable bonds is 1. The van der Waals surface area contributed by atoms with Crippen LogP contribution < -0.4 is 0 Å². The van der Waals surface area contributed by atoms with E-state index >= 15 is 0 Å². The molecule has 5 atom stereocenters. The molecule has 0 amide bonds. The molecule has 3 fully saturated rings. The van der Waals surface area contributed by atoms with E-state index in [9.17, 15) is 9.90 Å². The summed E-state index contributed by atoms with van der Waals surface area (Å²) in [6, 6.07) is 0. The third-order valence-corrected chi connectivity index (χ3v) is 4.87. The van der Waals surface area contributed by atoms with Crippen molar-refractivity contribution in [3.63, 3.8) is 0 Å². The first kappa shape index (κ1) is 8.75. The van der Waals surface area contributed by atoms with Gasteiger partial charge in [0.05, 0.1) is 5.92 Å². The van der Waals surface area contributed by atoms with Gasteiger partial charge in [-0.25, -0.2) is 0 Å². The van der Waals surface area contributed by atoms with Crippen LogP contribution in [-0.4, -0.2) is 11.1 Å². The van der Waals surface area contributed by atoms with E-state index in [0.29, 0.717) is 5.92 Å². The monoisotopic (exact) mass is 194 g/mol. The molecule has 0 aromatic heterocycles. The maximum Gasteiger partial charge on any atom is 0.306 e. The Hall–Kier alpha value is -0.530. The SMILES string of the molecule is O=C(O)C1CC2CC3CCC1C(C3)C2. The lowest BCUT2D eigenvalue weighted by Crippen LogP contribution is -2.44. The third-order valence-electron chi connectivity index (χ3n) is 4.87. The molecule has 3 bridgehead atoms. The third kappa shape index (κ3) is 1.19. The lowest BCUT2D eigenvalue weighted by Gasteiger charge is -2.50. The van der Waals surface area contributed by atoms with Crippen LogP contribution >= 0.6 is 0 Å². The van der Waals surface area contributed by atoms with Crippen molar-refractivity contribution in [2.45, 2.75) is 38.5 Å². The molecule has 3 aliphatic rings. The zero-order chi connectivity index (χ0) is 9.71. The summed E-state index contributed by atoms with van der Waals surface area (Å²) in [5.41, 5.74) is 0. The molecule has 5 unspecified atom stereocenters. The van der Waals surface area contributed by atoms with Crippen molar-refractivity contribution in [3.8, 4) is 0 Å². The van der Waals surface area contributed by atoms with Gasteiger partial charge < -0.3 is 5.11 Å². The highest BCUT2D eigenvalue weighted by Gasteiger charge is 2.47. The van der Waals surface area contributed by atoms with Crippen LogP contribution in [-0.2, 0) is 4.79 Å². The highest BCUT2D eigenvalue weighted by Crippen LogP contribution is 2.54. The molecule has 0 aromatic carbocycles. The van der Waals surface area contributed by atoms with Crippen molar-refractivity contribution < 1.29 is 9.90 Å². The van der Waals surface area contributed by atoms with Crippen molar-refractivity contribution >= 4 is 5.97 Å². The van der Waals surface area contributed by atoms with Crippen molar-refractivity contribution in [2.75, 3.05) is 0 Å². The van der Waals surface area contributed by atoms with Gasteiger partial charge >= 0.3 is 5.97 Å². The molecule has 2 heteroatoms. The van der Waals surface area contributed by atoms with Crippen LogP contribution in [0.25, 0.3) is 0 Å². The zero-order valence-corrected chi connectivity index (χ0v) is 8.48. The van der Waals surface area contributed by atoms with Crippen LogP contribution in [0.2, 0.25) is 0 Å². The highest BCUT2D eigenvalue weighted by atomic mass is 16.4. The van der Waals surface area contributed by atoms with Gasteiger partial charge in [-0.05, 0) is 55.8 Å². The summed E-state index contributed by atoms with van der Waals surface area (Å²) in [4.78, 5) is 11.2. The number of aliphatic carboxylic acids is 1. The van der Waals surface area contributed by atoms with Gasteiger partial charge in [0.2, 0.25) is 0 Å². The normalized spacial score (nSPS) is 50.4. The van der Waals surface area contributed by atoms with Gasteiger partial charge in [0.15, 0.2) is 0 Å². The van der Waals surface area contributed by atoms with Crippen molar-refractivity contribution in [1.29, 1.82) is 0 Å². The average molecular weight is 194 g/mol. The van der Waals surface area contributed by atoms with E-state index in [1.54, 1.807) is 0 Å². The number of carboxylic acids is 1. The van der Waals surface area contributed by atoms with Gasteiger partial charge in [0, 0.05) is 0 Å². The van der Waals surface area contributed by atoms with Crippen molar-refractivity contribution in [3.05, 3.63) is 0 Å². The van der Waals surface area contributed by atoms with E-state index in [1.165, 1.54) is 32.1 Å². The van der Waals surface area contributed by atoms with Gasteiger partial charge in [-0.1, -0.05) is 6.42 Å². The van der Waals surface area contributed by atoms with Crippen LogP contribution in [0.15, 0.2) is 0 Å². The predicted molar refractivity (Wildman–Crippen MR) is 52.8 cm³/mol. The lowest BCUT2D eigenvalue weighted by atomic mass is 9.54. The van der Waals surface area contributed by atoms with Gasteiger partial charge in [0.25, 0.3) is 0 Å². The molecule has 0 spiro atoms. The Balaban J connectivity index is 1.88. The summed E-state index contributed by atoms with van der Waals surface area (Å²) < 4.78 is 0. The standard InChI is InChI=1S/C12H18O2/c13-12(14)11-6-8-3-7-1-2-10(11)9(4-7)5-8/h7-11H,1-6H2,(H,13,14). The van der Waals surface area contributed by atoms with Crippen LogP contribution in [0.3, 0.4) is 0 Å². The second kappa shape index (κ2) is 2.98. The summed E-state index contributed by atoms with van der Waals surface area (Å²) in [7, 11) is 0. The Morgan fingerprint density at radius 1 is 1.00 bits per heavy atom. The van der Waals surface area contributed by atoms with Crippen molar-refractivity contribution in [2.24, 2.45) is 29.6 Å². The molecule has 0 heterocycles. The number of carboxylic acid groups (broad SMARTS) is 1. The molecule has 0 radical (unpaired) electrons. The first-order valence-corrected chi connectivity index (χ1v) is 5.97. The number of hydrogen-bond acceptors (Lipinski definition) is 1. The van der Waals surface area contributed by atoms with Crippen LogP contribution in [0.1, 0.15) is 38.5 Å². The van der Waals surface area contributed by atoms with E-state index in [-0.39, 0.29) is 5.92 Å². The maximum absolute atomic E-state index is 11.2. The summed E-state index contributed by atoms with van der Waals surface area (Å²) in [6.45, 7) is 0. The smallest absolute Gasteiger partial charge is 0.306 e. The molecule has 3 saturated carbocycles. The van der Waals surface area contributed by atoms with Crippen molar-refractivity contribution in [1.82, 2.24) is 0 Å². The molecule has 0 aromatic rings. The van der Waals surface area contributed by atoms with Gasteiger partial charge in [-0.15, -0.1) is 0 Å². The molecule has 0 aliphatic heterocycles. The summed E-state index contributed by atoms with van der Waals surface area (Å²) in [5.74, 6) is 2.47. The number of fused-ring (bicyclic) bond motifs is 2. The fourth-order valence-corrected chi connectivity index (χ4v) is 4.41. The molecular formula is C12H18O2. The van der Waals surface area contributed by atoms with Crippen LogP contribution in [0, 0.1) is 29.6 Å². The summed E-state index contributed by atoms with van der Waals surface area (Å²) in [6.07, 6.45) is 7.48. The first-order chi connectivity index (χ1) is 6.74. The fourth-order valence-electron chi connectivity index (χ4n) is 4.41. The second-order valence-electron chi connectivity index (χ2n) is 5.62. The Morgan fingerprint density at radius 2 is 1.79 bits per heavy atom. The van der Waals surface area contributed by atoms with E-state index in [4.69, 9.17) is 0 Å². The Morgan fingerprint density at radius 3 is 2.57 bits per heavy atom. The average Bonchev–Trinajstić information content (AvgIpc) is 2.13. The molecule has 14 heavy (non-hydrogen) atoms. The minimum absolute atomic E-state index is 0.000000000000000666. The summed E-state index contributed by atoms with van der Waals surface area (Å²) >= 11 is 0. The molecule has 0 saturated heterocycles. The minimum Gasteiger partial charge on any atom is -0.481 e. The molecule has 2 nitrogen and oxygen atoms in total. The van der Waals surface area contributed by atoms with Crippen LogP contribution in [0.5, 0.6) is 0 Å². The maximum atomic E-state index is 11.2. The van der Waals surface area contributed by atoms with E-state index in [1.807, 2.05) is 0 Å². The summed E-state index contributed by atoms with van der Waals surface area (Å²) in [5, 5.41) is 9.21. The van der Waals surface area contributed by atoms with Gasteiger partial charge in [-0.2, -0.15) is 0 Å². The Labute approximate surface area is 84.7 Å². The zero-order valence-electron chi connectivity index (χ0n) is 8.48. The molecule has 3 rings (SSSR count). The fraction of sp³-hybridized carbons (Fsp3) is 0.917. The Kier molecular flexibility index (Phi) is 1.86. The lowest BCUT2D eigenvalue weighted by molar-refractivity contribution is -0.150. The van der Waals surface area contributed by atoms with E-state index in [2.05, 4.69) is 0 Å². The largest absolute Gasteiger partial charge is 0.481 e. The van der Waals surface area contributed by atoms with E-state index < -0.39 is 5.97 Å². The quantitative estimate of drug-likeness (QED) is 0.696. The molecule has 1 N–H and O–H groups in total. The van der Waals surface area contributed by atoms with Gasteiger partial charge in [-0.3, -0.25) is 4.79 Å².